The lowest BCUT2D eigenvalue weighted by atomic mass is 10.0. The highest BCUT2D eigenvalue weighted by atomic mass is 16.2. The number of nitrogens with zero attached hydrogens (tertiary/aromatic N) is 3. The van der Waals surface area contributed by atoms with Gasteiger partial charge in [0.25, 0.3) is 0 Å². The van der Waals surface area contributed by atoms with Gasteiger partial charge >= 0.3 is 0 Å². The van der Waals surface area contributed by atoms with Crippen LogP contribution < -0.4 is 5.32 Å². The maximum atomic E-state index is 12.0. The predicted molar refractivity (Wildman–Crippen MR) is 74.8 cm³/mol. The van der Waals surface area contributed by atoms with Crippen LogP contribution in [0.15, 0.2) is 18.5 Å². The molecule has 2 rings (SSSR count). The van der Waals surface area contributed by atoms with E-state index in [-0.39, 0.29) is 11.9 Å². The van der Waals surface area contributed by atoms with Gasteiger partial charge in [0.2, 0.25) is 5.91 Å². The molecule has 1 aliphatic rings. The number of carbonyl (C=O) groups excluding carboxylic acids is 1. The highest BCUT2D eigenvalue weighted by Crippen LogP contribution is 2.14. The van der Waals surface area contributed by atoms with Gasteiger partial charge in [-0.05, 0) is 38.3 Å². The molecule has 0 bridgehead atoms. The Morgan fingerprint density at radius 1 is 1.58 bits per heavy atom. The van der Waals surface area contributed by atoms with Crippen LogP contribution in [0.25, 0.3) is 0 Å². The second-order valence-electron chi connectivity index (χ2n) is 5.50. The lowest BCUT2D eigenvalue weighted by molar-refractivity contribution is -0.124. The zero-order chi connectivity index (χ0) is 13.7. The van der Waals surface area contributed by atoms with E-state index >= 15 is 0 Å². The van der Waals surface area contributed by atoms with Crippen LogP contribution in [0.4, 0.5) is 0 Å². The summed E-state index contributed by atoms with van der Waals surface area (Å²) in [6, 6.07) is 1.59. The maximum absolute atomic E-state index is 12.0. The number of likely N-dealkylation sites (tertiary alicyclic amines) is 1. The summed E-state index contributed by atoms with van der Waals surface area (Å²) in [6.07, 6.45) is 6.12. The third-order valence-corrected chi connectivity index (χ3v) is 3.77. The molecule has 0 aliphatic carbocycles. The molecule has 1 aromatic heterocycles. The molecule has 0 aromatic carbocycles. The highest BCUT2D eigenvalue weighted by Gasteiger charge is 2.17. The van der Waals surface area contributed by atoms with E-state index in [2.05, 4.69) is 22.2 Å². The Morgan fingerprint density at radius 2 is 2.42 bits per heavy atom. The van der Waals surface area contributed by atoms with Crippen molar-refractivity contribution in [2.75, 3.05) is 26.2 Å². The normalized spacial score (nSPS) is 22.1. The van der Waals surface area contributed by atoms with Gasteiger partial charge in [0.15, 0.2) is 0 Å². The first-order valence-corrected chi connectivity index (χ1v) is 7.16. The average molecular weight is 264 g/mol. The molecule has 1 N–H and O–H groups in total. The van der Waals surface area contributed by atoms with Crippen LogP contribution in [0.3, 0.4) is 0 Å². The van der Waals surface area contributed by atoms with Crippen molar-refractivity contribution in [3.8, 4) is 0 Å². The van der Waals surface area contributed by atoms with E-state index in [0.717, 1.165) is 32.1 Å². The molecule has 1 aliphatic heterocycles. The van der Waals surface area contributed by atoms with Crippen LogP contribution in [0.1, 0.15) is 32.7 Å². The predicted octanol–water partition coefficient (Wildman–Crippen LogP) is 1.29. The Kier molecular flexibility index (Phi) is 4.96. The van der Waals surface area contributed by atoms with Crippen molar-refractivity contribution in [3.05, 3.63) is 18.5 Å². The Morgan fingerprint density at radius 3 is 3.11 bits per heavy atom. The number of carbonyl (C=O) groups is 1. The number of amides is 1. The molecule has 5 nitrogen and oxygen atoms in total. The molecule has 2 atom stereocenters. The highest BCUT2D eigenvalue weighted by molar-refractivity contribution is 5.79. The van der Waals surface area contributed by atoms with Gasteiger partial charge in [-0.2, -0.15) is 5.10 Å². The van der Waals surface area contributed by atoms with Gasteiger partial charge < -0.3 is 10.2 Å². The quantitative estimate of drug-likeness (QED) is 0.872. The molecule has 106 valence electrons. The largest absolute Gasteiger partial charge is 0.353 e. The Hall–Kier alpha value is -1.36. The van der Waals surface area contributed by atoms with Gasteiger partial charge in [0.1, 0.15) is 6.04 Å². The molecule has 0 saturated carbocycles. The molecule has 1 saturated heterocycles. The van der Waals surface area contributed by atoms with Gasteiger partial charge in [0.05, 0.1) is 0 Å². The fourth-order valence-corrected chi connectivity index (χ4v) is 2.60. The first-order valence-electron chi connectivity index (χ1n) is 7.16. The second kappa shape index (κ2) is 6.70. The molecule has 19 heavy (non-hydrogen) atoms. The van der Waals surface area contributed by atoms with E-state index < -0.39 is 0 Å². The fourth-order valence-electron chi connectivity index (χ4n) is 2.60. The monoisotopic (exact) mass is 264 g/mol. The summed E-state index contributed by atoms with van der Waals surface area (Å²) in [4.78, 5) is 14.4. The molecule has 5 heteroatoms. The van der Waals surface area contributed by atoms with E-state index in [9.17, 15) is 4.79 Å². The first-order chi connectivity index (χ1) is 9.16. The summed E-state index contributed by atoms with van der Waals surface area (Å²) in [5.74, 6) is 0.821. The summed E-state index contributed by atoms with van der Waals surface area (Å²) >= 11 is 0. The van der Waals surface area contributed by atoms with Gasteiger partial charge in [0, 0.05) is 32.0 Å². The van der Waals surface area contributed by atoms with Crippen molar-refractivity contribution in [1.29, 1.82) is 0 Å². The smallest absolute Gasteiger partial charge is 0.244 e. The van der Waals surface area contributed by atoms with Gasteiger partial charge in [-0.15, -0.1) is 0 Å². The van der Waals surface area contributed by atoms with E-state index in [0.29, 0.717) is 0 Å². The van der Waals surface area contributed by atoms with Crippen molar-refractivity contribution in [2.24, 2.45) is 5.92 Å². The molecule has 1 aromatic rings. The van der Waals surface area contributed by atoms with Crippen LogP contribution in [-0.2, 0) is 4.79 Å². The molecule has 0 radical (unpaired) electrons. The van der Waals surface area contributed by atoms with Crippen molar-refractivity contribution >= 4 is 5.91 Å². The molecule has 1 fully saturated rings. The number of hydrogen-bond acceptors (Lipinski definition) is 3. The van der Waals surface area contributed by atoms with Crippen molar-refractivity contribution in [1.82, 2.24) is 20.0 Å². The van der Waals surface area contributed by atoms with Crippen molar-refractivity contribution in [3.63, 3.8) is 0 Å². The third kappa shape index (κ3) is 4.06. The maximum Gasteiger partial charge on any atom is 0.244 e. The summed E-state index contributed by atoms with van der Waals surface area (Å²) in [7, 11) is 0. The zero-order valence-electron chi connectivity index (χ0n) is 11.9. The number of aromatic nitrogens is 2. The zero-order valence-corrected chi connectivity index (χ0v) is 11.9. The fraction of sp³-hybridized carbons (Fsp3) is 0.714. The lowest BCUT2D eigenvalue weighted by Crippen LogP contribution is -2.41. The van der Waals surface area contributed by atoms with Crippen molar-refractivity contribution < 1.29 is 4.79 Å². The molecule has 0 spiro atoms. The molecular weight excluding hydrogens is 240 g/mol. The summed E-state index contributed by atoms with van der Waals surface area (Å²) in [5.41, 5.74) is 0. The Balaban J connectivity index is 1.69. The minimum absolute atomic E-state index is 0.0359. The molecular formula is C14H24N4O. The van der Waals surface area contributed by atoms with E-state index in [1.807, 2.05) is 19.2 Å². The minimum atomic E-state index is -0.240. The van der Waals surface area contributed by atoms with Crippen LogP contribution in [0.5, 0.6) is 0 Å². The topological polar surface area (TPSA) is 50.2 Å². The molecule has 0 unspecified atom stereocenters. The summed E-state index contributed by atoms with van der Waals surface area (Å²) in [6.45, 7) is 8.15. The van der Waals surface area contributed by atoms with Gasteiger partial charge in [-0.25, -0.2) is 0 Å². The molecule has 1 amide bonds. The van der Waals surface area contributed by atoms with E-state index in [4.69, 9.17) is 0 Å². The average Bonchev–Trinajstić information content (AvgIpc) is 2.91. The van der Waals surface area contributed by atoms with Crippen LogP contribution in [-0.4, -0.2) is 46.8 Å². The lowest BCUT2D eigenvalue weighted by Gasteiger charge is -2.30. The number of hydrogen-bond donors (Lipinski definition) is 1. The third-order valence-electron chi connectivity index (χ3n) is 3.77. The number of piperidine rings is 1. The molecule has 2 heterocycles. The SMILES string of the molecule is C[C@H]1CCCN(CCNC(=O)[C@@H](C)n2cccn2)C1. The van der Waals surface area contributed by atoms with Crippen molar-refractivity contribution in [2.45, 2.75) is 32.7 Å². The summed E-state index contributed by atoms with van der Waals surface area (Å²) in [5, 5.41) is 7.08. The van der Waals surface area contributed by atoms with Crippen LogP contribution >= 0.6 is 0 Å². The van der Waals surface area contributed by atoms with E-state index in [1.54, 1.807) is 10.9 Å². The standard InChI is InChI=1S/C14H24N4O/c1-12-5-3-8-17(11-12)10-7-15-14(19)13(2)18-9-4-6-16-18/h4,6,9,12-13H,3,5,7-8,10-11H2,1-2H3,(H,15,19)/t12-,13+/m0/s1. The number of rotatable bonds is 5. The summed E-state index contributed by atoms with van der Waals surface area (Å²) < 4.78 is 1.68. The minimum Gasteiger partial charge on any atom is -0.353 e. The Labute approximate surface area is 115 Å². The van der Waals surface area contributed by atoms with E-state index in [1.165, 1.54) is 12.8 Å². The van der Waals surface area contributed by atoms with Gasteiger partial charge in [-0.3, -0.25) is 9.48 Å². The first kappa shape index (κ1) is 14.1. The van der Waals surface area contributed by atoms with Gasteiger partial charge in [-0.1, -0.05) is 6.92 Å². The number of nitrogens with one attached hydrogen (secondary N) is 1. The second-order valence-corrected chi connectivity index (χ2v) is 5.50. The van der Waals surface area contributed by atoms with Crippen LogP contribution in [0.2, 0.25) is 0 Å². The Bertz CT molecular complexity index is 390. The van der Waals surface area contributed by atoms with Crippen LogP contribution in [0, 0.1) is 5.92 Å².